The van der Waals surface area contributed by atoms with Gasteiger partial charge in [-0.15, -0.1) is 0 Å². The first kappa shape index (κ1) is 32.0. The van der Waals surface area contributed by atoms with Crippen molar-refractivity contribution in [2.75, 3.05) is 17.9 Å². The van der Waals surface area contributed by atoms with Gasteiger partial charge in [-0.2, -0.15) is 0 Å². The second-order valence-corrected chi connectivity index (χ2v) is 13.3. The molecule has 9 heteroatoms. The molecule has 0 saturated heterocycles. The summed E-state index contributed by atoms with van der Waals surface area (Å²) in [5.74, 6) is -0.593. The molecule has 0 spiro atoms. The lowest BCUT2D eigenvalue weighted by Crippen LogP contribution is -2.53. The van der Waals surface area contributed by atoms with Crippen LogP contribution in [-0.2, 0) is 32.6 Å². The summed E-state index contributed by atoms with van der Waals surface area (Å²) >= 11 is 3.49. The maximum Gasteiger partial charge on any atom is 0.264 e. The Morgan fingerprint density at radius 3 is 2.00 bits per heavy atom. The molecule has 0 aliphatic heterocycles. The van der Waals surface area contributed by atoms with Crippen LogP contribution in [0.1, 0.15) is 36.5 Å². The molecule has 2 amide bonds. The van der Waals surface area contributed by atoms with Crippen LogP contribution in [0.2, 0.25) is 0 Å². The van der Waals surface area contributed by atoms with Crippen LogP contribution in [0.15, 0.2) is 119 Å². The second-order valence-electron chi connectivity index (χ2n) is 10.5. The highest BCUT2D eigenvalue weighted by Crippen LogP contribution is 2.27. The van der Waals surface area contributed by atoms with E-state index in [0.29, 0.717) is 5.69 Å². The van der Waals surface area contributed by atoms with Crippen LogP contribution in [0.3, 0.4) is 0 Å². The van der Waals surface area contributed by atoms with E-state index in [4.69, 9.17) is 0 Å². The normalized spacial score (nSPS) is 12.0. The molecule has 0 unspecified atom stereocenters. The van der Waals surface area contributed by atoms with Crippen LogP contribution in [0.25, 0.3) is 0 Å². The number of nitrogens with one attached hydrogen (secondary N) is 1. The number of carbonyl (C=O) groups excluding carboxylic acids is 2. The number of amides is 2. The monoisotopic (exact) mass is 661 g/mol. The predicted molar refractivity (Wildman–Crippen MR) is 174 cm³/mol. The summed E-state index contributed by atoms with van der Waals surface area (Å²) in [5.41, 5.74) is 3.08. The van der Waals surface area contributed by atoms with Crippen LogP contribution in [0.4, 0.5) is 5.69 Å². The molecular formula is C34H36BrN3O4S. The highest BCUT2D eigenvalue weighted by Gasteiger charge is 2.34. The molecule has 0 aliphatic rings. The molecule has 0 bridgehead atoms. The van der Waals surface area contributed by atoms with Crippen molar-refractivity contribution in [1.82, 2.24) is 10.2 Å². The van der Waals surface area contributed by atoms with Crippen LogP contribution in [-0.4, -0.2) is 44.8 Å². The molecule has 4 aromatic rings. The van der Waals surface area contributed by atoms with Gasteiger partial charge in [0.2, 0.25) is 11.8 Å². The number of hydrogen-bond donors (Lipinski definition) is 1. The number of anilines is 1. The molecule has 0 saturated carbocycles. The molecule has 4 aromatic carbocycles. The quantitative estimate of drug-likeness (QED) is 0.197. The summed E-state index contributed by atoms with van der Waals surface area (Å²) in [6.07, 6.45) is 0.259. The zero-order valence-electron chi connectivity index (χ0n) is 24.5. The summed E-state index contributed by atoms with van der Waals surface area (Å²) in [6.45, 7) is 3.73. The molecule has 0 aliphatic carbocycles. The smallest absolute Gasteiger partial charge is 0.264 e. The SMILES string of the molecule is CNC(=O)[C@@H](Cc1ccccc1)N(Cc1cccc(Br)c1)C(=O)CN(c1ccc(C(C)C)cc1)S(=O)(=O)c1ccccc1. The molecule has 43 heavy (non-hydrogen) atoms. The van der Waals surface area contributed by atoms with Crippen molar-refractivity contribution in [2.24, 2.45) is 0 Å². The zero-order chi connectivity index (χ0) is 31.0. The van der Waals surface area contributed by atoms with E-state index in [1.54, 1.807) is 30.3 Å². The molecule has 0 aromatic heterocycles. The van der Waals surface area contributed by atoms with Gasteiger partial charge in [-0.3, -0.25) is 13.9 Å². The molecule has 4 rings (SSSR count). The number of nitrogens with zero attached hydrogens (tertiary/aromatic N) is 2. The zero-order valence-corrected chi connectivity index (χ0v) is 26.9. The highest BCUT2D eigenvalue weighted by atomic mass is 79.9. The van der Waals surface area contributed by atoms with Crippen molar-refractivity contribution in [1.29, 1.82) is 0 Å². The van der Waals surface area contributed by atoms with Gasteiger partial charge in [0, 0.05) is 24.5 Å². The minimum absolute atomic E-state index is 0.0708. The topological polar surface area (TPSA) is 86.8 Å². The molecule has 1 atom stereocenters. The number of benzene rings is 4. The average Bonchev–Trinajstić information content (AvgIpc) is 3.02. The van der Waals surface area contributed by atoms with Crippen LogP contribution in [0, 0.1) is 0 Å². The van der Waals surface area contributed by atoms with Gasteiger partial charge in [-0.1, -0.05) is 103 Å². The van der Waals surface area contributed by atoms with Crippen molar-refractivity contribution >= 4 is 43.5 Å². The number of carbonyl (C=O) groups is 2. The Hall–Kier alpha value is -3.95. The fourth-order valence-corrected chi connectivity index (χ4v) is 6.71. The lowest BCUT2D eigenvalue weighted by Gasteiger charge is -2.33. The van der Waals surface area contributed by atoms with Crippen LogP contribution in [0.5, 0.6) is 0 Å². The number of likely N-dealkylation sites (N-methyl/N-ethyl adjacent to an activating group) is 1. The Bertz CT molecular complexity index is 1630. The minimum atomic E-state index is -4.13. The third-order valence-corrected chi connectivity index (χ3v) is 9.50. The van der Waals surface area contributed by atoms with E-state index in [1.807, 2.05) is 66.7 Å². The summed E-state index contributed by atoms with van der Waals surface area (Å²) in [4.78, 5) is 29.2. The first-order valence-corrected chi connectivity index (χ1v) is 16.3. The third-order valence-electron chi connectivity index (χ3n) is 7.22. The maximum atomic E-state index is 14.3. The molecular weight excluding hydrogens is 626 g/mol. The summed E-state index contributed by atoms with van der Waals surface area (Å²) < 4.78 is 30.0. The van der Waals surface area contributed by atoms with Gasteiger partial charge in [-0.05, 0) is 59.0 Å². The Morgan fingerprint density at radius 2 is 1.42 bits per heavy atom. The largest absolute Gasteiger partial charge is 0.357 e. The second kappa shape index (κ2) is 14.5. The molecule has 7 nitrogen and oxygen atoms in total. The van der Waals surface area contributed by atoms with Crippen molar-refractivity contribution in [3.05, 3.63) is 130 Å². The van der Waals surface area contributed by atoms with Gasteiger partial charge in [0.05, 0.1) is 10.6 Å². The van der Waals surface area contributed by atoms with Crippen molar-refractivity contribution in [3.63, 3.8) is 0 Å². The third kappa shape index (κ3) is 8.12. The van der Waals surface area contributed by atoms with E-state index >= 15 is 0 Å². The van der Waals surface area contributed by atoms with E-state index < -0.39 is 28.5 Å². The Morgan fingerprint density at radius 1 is 0.814 bits per heavy atom. The van der Waals surface area contributed by atoms with Crippen molar-refractivity contribution in [2.45, 2.75) is 43.7 Å². The first-order valence-electron chi connectivity index (χ1n) is 14.1. The number of halogens is 1. The van der Waals surface area contributed by atoms with Gasteiger partial charge in [0.15, 0.2) is 0 Å². The van der Waals surface area contributed by atoms with E-state index in [1.165, 1.54) is 24.1 Å². The summed E-state index contributed by atoms with van der Waals surface area (Å²) in [7, 11) is -2.60. The highest BCUT2D eigenvalue weighted by molar-refractivity contribution is 9.10. The molecule has 0 radical (unpaired) electrons. The molecule has 0 heterocycles. The van der Waals surface area contributed by atoms with E-state index in [9.17, 15) is 18.0 Å². The van der Waals surface area contributed by atoms with E-state index in [0.717, 1.165) is 25.5 Å². The first-order chi connectivity index (χ1) is 20.6. The van der Waals surface area contributed by atoms with Gasteiger partial charge in [0.25, 0.3) is 10.0 Å². The van der Waals surface area contributed by atoms with Gasteiger partial charge >= 0.3 is 0 Å². The van der Waals surface area contributed by atoms with Gasteiger partial charge in [-0.25, -0.2) is 8.42 Å². The Kier molecular flexibility index (Phi) is 10.8. The van der Waals surface area contributed by atoms with E-state index in [-0.39, 0.29) is 29.7 Å². The number of rotatable bonds is 12. The van der Waals surface area contributed by atoms with Gasteiger partial charge in [0.1, 0.15) is 12.6 Å². The lowest BCUT2D eigenvalue weighted by molar-refractivity contribution is -0.139. The molecule has 0 fully saturated rings. The number of hydrogen-bond acceptors (Lipinski definition) is 4. The lowest BCUT2D eigenvalue weighted by atomic mass is 10.0. The molecule has 1 N–H and O–H groups in total. The Balaban J connectivity index is 1.79. The minimum Gasteiger partial charge on any atom is -0.357 e. The van der Waals surface area contributed by atoms with Crippen LogP contribution >= 0.6 is 15.9 Å². The summed E-state index contributed by atoms with van der Waals surface area (Å²) in [5, 5.41) is 2.70. The van der Waals surface area contributed by atoms with Gasteiger partial charge < -0.3 is 10.2 Å². The Labute approximate surface area is 262 Å². The number of sulfonamides is 1. The fourth-order valence-electron chi connectivity index (χ4n) is 4.83. The molecule has 224 valence electrons. The van der Waals surface area contributed by atoms with Crippen molar-refractivity contribution in [3.8, 4) is 0 Å². The fraction of sp³-hybridized carbons (Fsp3) is 0.235. The van der Waals surface area contributed by atoms with Crippen molar-refractivity contribution < 1.29 is 18.0 Å². The predicted octanol–water partition coefficient (Wildman–Crippen LogP) is 6.15. The van der Waals surface area contributed by atoms with Crippen LogP contribution < -0.4 is 9.62 Å². The maximum absolute atomic E-state index is 14.3. The standard InChI is InChI=1S/C34H36BrN3O4S/c1-25(2)28-17-19-30(20-18-28)38(43(41,42)31-15-8-5-9-16-31)24-33(39)37(23-27-13-10-14-29(35)21-27)32(34(40)36-3)22-26-11-6-4-7-12-26/h4-21,25,32H,22-24H2,1-3H3,(H,36,40)/t32-/m1/s1. The van der Waals surface area contributed by atoms with E-state index in [2.05, 4.69) is 35.1 Å². The summed E-state index contributed by atoms with van der Waals surface area (Å²) in [6, 6.07) is 31.3. The average molecular weight is 663 g/mol.